The first-order valence-electron chi connectivity index (χ1n) is 4.32. The van der Waals surface area contributed by atoms with Gasteiger partial charge < -0.3 is 4.42 Å². The monoisotopic (exact) mass is 276 g/mol. The first-order valence-corrected chi connectivity index (χ1v) is 5.39. The Morgan fingerprint density at radius 3 is 2.50 bits per heavy atom. The Kier molecular flexibility index (Phi) is 1.48. The zero-order chi connectivity index (χ0) is 8.13. The fourth-order valence-corrected chi connectivity index (χ4v) is 2.63. The van der Waals surface area contributed by atoms with Crippen molar-refractivity contribution < 1.29 is 4.42 Å². The lowest BCUT2D eigenvalue weighted by Gasteiger charge is -2.03. The Labute approximate surface area is 84.1 Å². The van der Waals surface area contributed by atoms with Gasteiger partial charge in [-0.3, -0.25) is 0 Å². The van der Waals surface area contributed by atoms with Crippen LogP contribution in [0, 0.1) is 15.7 Å². The minimum absolute atomic E-state index is 0.574. The molecule has 4 heteroatoms. The summed E-state index contributed by atoms with van der Waals surface area (Å²) in [5.74, 6) is 3.41. The molecule has 2 aliphatic rings. The van der Waals surface area contributed by atoms with Crippen LogP contribution in [-0.4, -0.2) is 10.2 Å². The molecule has 1 aromatic heterocycles. The molecule has 3 rings (SSSR count). The molecule has 2 atom stereocenters. The molecule has 2 fully saturated rings. The van der Waals surface area contributed by atoms with Crippen molar-refractivity contribution in [2.75, 3.05) is 0 Å². The van der Waals surface area contributed by atoms with Crippen molar-refractivity contribution in [2.24, 2.45) is 11.8 Å². The molecule has 1 aromatic rings. The van der Waals surface area contributed by atoms with Crippen LogP contribution in [0.1, 0.15) is 31.1 Å². The lowest BCUT2D eigenvalue weighted by Crippen LogP contribution is -1.95. The van der Waals surface area contributed by atoms with E-state index in [9.17, 15) is 0 Å². The largest absolute Gasteiger partial charge is 0.416 e. The second kappa shape index (κ2) is 2.43. The quantitative estimate of drug-likeness (QED) is 0.738. The highest BCUT2D eigenvalue weighted by Gasteiger charge is 2.47. The van der Waals surface area contributed by atoms with E-state index in [1.807, 2.05) is 0 Å². The highest BCUT2D eigenvalue weighted by Crippen LogP contribution is 2.57. The minimum atomic E-state index is 0.574. The first kappa shape index (κ1) is 7.29. The Balaban J connectivity index is 1.81. The molecule has 0 spiro atoms. The smallest absolute Gasteiger partial charge is 0.278 e. The van der Waals surface area contributed by atoms with Crippen molar-refractivity contribution in [2.45, 2.75) is 25.2 Å². The summed E-state index contributed by atoms with van der Waals surface area (Å²) in [6, 6.07) is 0. The van der Waals surface area contributed by atoms with Crippen LogP contribution in [0.2, 0.25) is 0 Å². The number of nitrogens with zero attached hydrogens (tertiary/aromatic N) is 2. The van der Waals surface area contributed by atoms with Crippen molar-refractivity contribution in [3.05, 3.63) is 9.79 Å². The second-order valence-corrected chi connectivity index (χ2v) is 4.74. The molecule has 0 N–H and O–H groups in total. The van der Waals surface area contributed by atoms with Crippen LogP contribution in [-0.2, 0) is 0 Å². The summed E-state index contributed by atoms with van der Waals surface area (Å²) in [4.78, 5) is 0. The number of hydrogen-bond donors (Lipinski definition) is 0. The average molecular weight is 276 g/mol. The van der Waals surface area contributed by atoms with Gasteiger partial charge in [-0.15, -0.1) is 10.2 Å². The summed E-state index contributed by atoms with van der Waals surface area (Å²) >= 11 is 2.06. The van der Waals surface area contributed by atoms with Crippen LogP contribution in [0.15, 0.2) is 4.42 Å². The van der Waals surface area contributed by atoms with Gasteiger partial charge in [-0.25, -0.2) is 0 Å². The highest BCUT2D eigenvalue weighted by atomic mass is 127. The van der Waals surface area contributed by atoms with E-state index in [0.717, 1.165) is 17.7 Å². The predicted molar refractivity (Wildman–Crippen MR) is 50.6 cm³/mol. The fourth-order valence-electron chi connectivity index (χ4n) is 2.30. The number of aromatic nitrogens is 2. The predicted octanol–water partition coefficient (Wildman–Crippen LogP) is 2.19. The minimum Gasteiger partial charge on any atom is -0.416 e. The molecular weight excluding hydrogens is 267 g/mol. The maximum Gasteiger partial charge on any atom is 0.278 e. The molecule has 0 aliphatic heterocycles. The number of hydrogen-bond acceptors (Lipinski definition) is 3. The van der Waals surface area contributed by atoms with Gasteiger partial charge in [0.15, 0.2) is 0 Å². The van der Waals surface area contributed by atoms with Crippen LogP contribution in [0.3, 0.4) is 0 Å². The van der Waals surface area contributed by atoms with Gasteiger partial charge in [0, 0.05) is 28.5 Å². The zero-order valence-electron chi connectivity index (χ0n) is 6.53. The zero-order valence-corrected chi connectivity index (χ0v) is 8.69. The third-order valence-corrected chi connectivity index (χ3v) is 3.44. The first-order chi connectivity index (χ1) is 5.83. The fraction of sp³-hybridized carbons (Fsp3) is 0.750. The third kappa shape index (κ3) is 1.08. The molecule has 0 radical (unpaired) electrons. The SMILES string of the molecule is Ic1nnc(C2CC3CC3C2)o1. The van der Waals surface area contributed by atoms with E-state index in [-0.39, 0.29) is 0 Å². The molecule has 2 unspecified atom stereocenters. The molecule has 2 aliphatic carbocycles. The maximum absolute atomic E-state index is 5.40. The summed E-state index contributed by atoms with van der Waals surface area (Å²) in [6.07, 6.45) is 4.01. The van der Waals surface area contributed by atoms with Crippen LogP contribution in [0.4, 0.5) is 0 Å². The Morgan fingerprint density at radius 1 is 1.17 bits per heavy atom. The van der Waals surface area contributed by atoms with Crippen LogP contribution >= 0.6 is 22.6 Å². The third-order valence-electron chi connectivity index (χ3n) is 3.01. The van der Waals surface area contributed by atoms with Crippen molar-refractivity contribution in [1.82, 2.24) is 10.2 Å². The lowest BCUT2D eigenvalue weighted by atomic mass is 10.0. The van der Waals surface area contributed by atoms with Crippen LogP contribution < -0.4 is 0 Å². The van der Waals surface area contributed by atoms with Gasteiger partial charge in [0.1, 0.15) is 0 Å². The van der Waals surface area contributed by atoms with Gasteiger partial charge >= 0.3 is 0 Å². The number of fused-ring (bicyclic) bond motifs is 1. The van der Waals surface area contributed by atoms with Gasteiger partial charge in [-0.1, -0.05) is 0 Å². The molecule has 1 heterocycles. The molecule has 12 heavy (non-hydrogen) atoms. The normalized spacial score (nSPS) is 38.2. The van der Waals surface area contributed by atoms with Crippen molar-refractivity contribution in [3.8, 4) is 0 Å². The summed E-state index contributed by atoms with van der Waals surface area (Å²) in [7, 11) is 0. The van der Waals surface area contributed by atoms with E-state index < -0.39 is 0 Å². The standard InChI is InChI=1S/C8H9IN2O/c9-8-11-10-7(12-8)6-2-4-1-5(4)3-6/h4-6H,1-3H2. The van der Waals surface area contributed by atoms with Crippen LogP contribution in [0.25, 0.3) is 0 Å². The number of rotatable bonds is 1. The Bertz CT molecular complexity index is 302. The second-order valence-electron chi connectivity index (χ2n) is 3.82. The van der Waals surface area contributed by atoms with Gasteiger partial charge in [0.25, 0.3) is 3.90 Å². The van der Waals surface area contributed by atoms with E-state index in [0.29, 0.717) is 9.82 Å². The molecule has 2 saturated carbocycles. The van der Waals surface area contributed by atoms with Gasteiger partial charge in [-0.05, 0) is 31.1 Å². The highest BCUT2D eigenvalue weighted by molar-refractivity contribution is 14.1. The molecule has 0 aromatic carbocycles. The van der Waals surface area contributed by atoms with Crippen molar-refractivity contribution >= 4 is 22.6 Å². The average Bonchev–Trinajstić information content (AvgIpc) is 2.49. The topological polar surface area (TPSA) is 38.9 Å². The van der Waals surface area contributed by atoms with E-state index in [4.69, 9.17) is 4.42 Å². The molecule has 0 amide bonds. The van der Waals surface area contributed by atoms with Crippen molar-refractivity contribution in [1.29, 1.82) is 0 Å². The Morgan fingerprint density at radius 2 is 1.92 bits per heavy atom. The van der Waals surface area contributed by atoms with Gasteiger partial charge in [0.2, 0.25) is 5.89 Å². The molecule has 0 saturated heterocycles. The summed E-state index contributed by atoms with van der Waals surface area (Å²) in [6.45, 7) is 0. The number of halogens is 1. The van der Waals surface area contributed by atoms with E-state index in [1.54, 1.807) is 0 Å². The van der Waals surface area contributed by atoms with E-state index in [1.165, 1.54) is 19.3 Å². The summed E-state index contributed by atoms with van der Waals surface area (Å²) in [5, 5.41) is 7.90. The molecule has 64 valence electrons. The maximum atomic E-state index is 5.40. The van der Waals surface area contributed by atoms with E-state index in [2.05, 4.69) is 32.8 Å². The van der Waals surface area contributed by atoms with Gasteiger partial charge in [0.05, 0.1) is 0 Å². The molecular formula is C8H9IN2O. The van der Waals surface area contributed by atoms with E-state index >= 15 is 0 Å². The van der Waals surface area contributed by atoms with Gasteiger partial charge in [-0.2, -0.15) is 0 Å². The summed E-state index contributed by atoms with van der Waals surface area (Å²) in [5.41, 5.74) is 0. The molecule has 3 nitrogen and oxygen atoms in total. The van der Waals surface area contributed by atoms with Crippen molar-refractivity contribution in [3.63, 3.8) is 0 Å². The Hall–Kier alpha value is -0.130. The molecule has 0 bridgehead atoms. The lowest BCUT2D eigenvalue weighted by molar-refractivity contribution is 0.415. The summed E-state index contributed by atoms with van der Waals surface area (Å²) < 4.78 is 6.07. The van der Waals surface area contributed by atoms with Crippen LogP contribution in [0.5, 0.6) is 0 Å².